The summed E-state index contributed by atoms with van der Waals surface area (Å²) in [5.41, 5.74) is -0.107. The zero-order valence-electron chi connectivity index (χ0n) is 9.50. The molecule has 98 valence electrons. The van der Waals surface area contributed by atoms with Gasteiger partial charge in [-0.25, -0.2) is 8.78 Å². The molecule has 18 heavy (non-hydrogen) atoms. The van der Waals surface area contributed by atoms with Crippen molar-refractivity contribution >= 4 is 29.3 Å². The van der Waals surface area contributed by atoms with Crippen LogP contribution in [0.3, 0.4) is 0 Å². The number of nitrogens with one attached hydrogen (secondary N) is 1. The van der Waals surface area contributed by atoms with E-state index < -0.39 is 23.5 Å². The first kappa shape index (κ1) is 14.4. The van der Waals surface area contributed by atoms with Crippen LogP contribution >= 0.6 is 11.8 Å². The van der Waals surface area contributed by atoms with Gasteiger partial charge in [0.1, 0.15) is 11.6 Å². The third kappa shape index (κ3) is 4.33. The minimum absolute atomic E-state index is 0.138. The Bertz CT molecular complexity index is 480. The van der Waals surface area contributed by atoms with Gasteiger partial charge in [-0.05, 0) is 18.6 Å². The van der Waals surface area contributed by atoms with Crippen LogP contribution in [0.5, 0.6) is 0 Å². The molecular formula is C11H11F2NO3S. The van der Waals surface area contributed by atoms with Crippen molar-refractivity contribution < 1.29 is 23.5 Å². The Morgan fingerprint density at radius 1 is 1.28 bits per heavy atom. The number of hydrogen-bond donors (Lipinski definition) is 2. The lowest BCUT2D eigenvalue weighted by Gasteiger charge is -2.07. The number of aryl methyl sites for hydroxylation is 1. The Labute approximate surface area is 106 Å². The summed E-state index contributed by atoms with van der Waals surface area (Å²) in [7, 11) is 0. The average molecular weight is 275 g/mol. The number of amides is 1. The quantitative estimate of drug-likeness (QED) is 0.863. The zero-order valence-corrected chi connectivity index (χ0v) is 10.3. The van der Waals surface area contributed by atoms with Crippen LogP contribution < -0.4 is 5.32 Å². The third-order valence-electron chi connectivity index (χ3n) is 1.98. The summed E-state index contributed by atoms with van der Waals surface area (Å²) in [6, 6.07) is 1.87. The molecule has 0 bridgehead atoms. The molecule has 1 aromatic rings. The monoisotopic (exact) mass is 275 g/mol. The molecule has 2 N–H and O–H groups in total. The smallest absolute Gasteiger partial charge is 0.313 e. The molecule has 7 heteroatoms. The summed E-state index contributed by atoms with van der Waals surface area (Å²) in [5, 5.41) is 10.5. The molecule has 0 aromatic heterocycles. The fraction of sp³-hybridized carbons (Fsp3) is 0.273. The highest BCUT2D eigenvalue weighted by molar-refractivity contribution is 8.00. The molecule has 1 rings (SSSR count). The van der Waals surface area contributed by atoms with Crippen molar-refractivity contribution in [1.29, 1.82) is 0 Å². The fourth-order valence-electron chi connectivity index (χ4n) is 1.16. The molecule has 0 aliphatic heterocycles. The summed E-state index contributed by atoms with van der Waals surface area (Å²) in [4.78, 5) is 21.5. The molecule has 0 aliphatic carbocycles. The Morgan fingerprint density at radius 2 is 1.94 bits per heavy atom. The minimum atomic E-state index is -1.04. The molecule has 0 saturated heterocycles. The molecule has 1 aromatic carbocycles. The van der Waals surface area contributed by atoms with E-state index in [0.29, 0.717) is 0 Å². The van der Waals surface area contributed by atoms with Crippen molar-refractivity contribution in [2.75, 3.05) is 16.8 Å². The van der Waals surface area contributed by atoms with Gasteiger partial charge in [0.15, 0.2) is 0 Å². The maximum Gasteiger partial charge on any atom is 0.313 e. The van der Waals surface area contributed by atoms with Gasteiger partial charge in [0.2, 0.25) is 5.91 Å². The van der Waals surface area contributed by atoms with E-state index in [1.165, 1.54) is 6.92 Å². The lowest BCUT2D eigenvalue weighted by atomic mass is 10.2. The van der Waals surface area contributed by atoms with Gasteiger partial charge in [0.05, 0.1) is 17.2 Å². The number of carbonyl (C=O) groups is 2. The van der Waals surface area contributed by atoms with Gasteiger partial charge in [-0.3, -0.25) is 9.59 Å². The van der Waals surface area contributed by atoms with E-state index in [-0.39, 0.29) is 22.8 Å². The zero-order chi connectivity index (χ0) is 13.7. The summed E-state index contributed by atoms with van der Waals surface area (Å²) in [6.45, 7) is 1.41. The van der Waals surface area contributed by atoms with Crippen LogP contribution in [0.4, 0.5) is 14.5 Å². The van der Waals surface area contributed by atoms with E-state index in [9.17, 15) is 18.4 Å². The molecule has 0 saturated carbocycles. The average Bonchev–Trinajstić information content (AvgIpc) is 2.25. The molecule has 0 spiro atoms. The Balaban J connectivity index is 2.59. The van der Waals surface area contributed by atoms with Crippen LogP contribution in [0.15, 0.2) is 12.1 Å². The Kier molecular flexibility index (Phi) is 5.08. The molecule has 1 amide bonds. The number of benzene rings is 1. The van der Waals surface area contributed by atoms with E-state index in [2.05, 4.69) is 5.32 Å². The number of thioether (sulfide) groups is 1. The predicted molar refractivity (Wildman–Crippen MR) is 64.7 cm³/mol. The first-order valence-electron chi connectivity index (χ1n) is 4.95. The number of carboxylic acid groups (broad SMARTS) is 1. The first-order valence-corrected chi connectivity index (χ1v) is 6.10. The third-order valence-corrected chi connectivity index (χ3v) is 2.90. The molecule has 0 fully saturated rings. The lowest BCUT2D eigenvalue weighted by molar-refractivity contribution is -0.133. The topological polar surface area (TPSA) is 66.4 Å². The second kappa shape index (κ2) is 6.34. The molecular weight excluding hydrogens is 264 g/mol. The van der Waals surface area contributed by atoms with E-state index >= 15 is 0 Å². The largest absolute Gasteiger partial charge is 0.481 e. The highest BCUT2D eigenvalue weighted by Crippen LogP contribution is 2.19. The summed E-state index contributed by atoms with van der Waals surface area (Å²) in [5.74, 6) is -3.33. The lowest BCUT2D eigenvalue weighted by Crippen LogP contribution is -2.16. The maximum atomic E-state index is 13.4. The molecule has 0 aliphatic rings. The van der Waals surface area contributed by atoms with Gasteiger partial charge in [-0.1, -0.05) is 0 Å². The number of halogens is 2. The maximum absolute atomic E-state index is 13.4. The Hall–Kier alpha value is -1.63. The standard InChI is InChI=1S/C11H11F2NO3S/c1-6-2-8(13)9(3-7(6)12)14-10(15)4-18-5-11(16)17/h2-3H,4-5H2,1H3,(H,14,15)(H,16,17). The van der Waals surface area contributed by atoms with Crippen molar-refractivity contribution in [2.24, 2.45) is 0 Å². The first-order chi connectivity index (χ1) is 8.40. The molecule has 0 radical (unpaired) electrons. The number of aliphatic carboxylic acids is 1. The van der Waals surface area contributed by atoms with Crippen LogP contribution in [0.2, 0.25) is 0 Å². The van der Waals surface area contributed by atoms with Crippen LogP contribution in [0.1, 0.15) is 5.56 Å². The van der Waals surface area contributed by atoms with Crippen LogP contribution in [-0.4, -0.2) is 28.5 Å². The second-order valence-corrected chi connectivity index (χ2v) is 4.50. The second-order valence-electron chi connectivity index (χ2n) is 3.52. The Morgan fingerprint density at radius 3 is 2.56 bits per heavy atom. The number of carbonyl (C=O) groups excluding carboxylic acids is 1. The summed E-state index contributed by atoms with van der Waals surface area (Å²) < 4.78 is 26.5. The number of rotatable bonds is 5. The fourth-order valence-corrected chi connectivity index (χ4v) is 1.69. The van der Waals surface area contributed by atoms with Crippen molar-refractivity contribution in [2.45, 2.75) is 6.92 Å². The van der Waals surface area contributed by atoms with Crippen molar-refractivity contribution in [1.82, 2.24) is 0 Å². The molecule has 0 unspecified atom stereocenters. The van der Waals surface area contributed by atoms with E-state index in [0.717, 1.165) is 23.9 Å². The summed E-state index contributed by atoms with van der Waals surface area (Å²) >= 11 is 0.874. The highest BCUT2D eigenvalue weighted by atomic mass is 32.2. The minimum Gasteiger partial charge on any atom is -0.481 e. The molecule has 4 nitrogen and oxygen atoms in total. The van der Waals surface area contributed by atoms with Gasteiger partial charge in [-0.2, -0.15) is 0 Å². The van der Waals surface area contributed by atoms with E-state index in [1.807, 2.05) is 0 Å². The van der Waals surface area contributed by atoms with Crippen LogP contribution in [0.25, 0.3) is 0 Å². The SMILES string of the molecule is Cc1cc(F)c(NC(=O)CSCC(=O)O)cc1F. The van der Waals surface area contributed by atoms with Gasteiger partial charge in [-0.15, -0.1) is 11.8 Å². The number of anilines is 1. The van der Waals surface area contributed by atoms with Crippen molar-refractivity contribution in [3.05, 3.63) is 29.3 Å². The van der Waals surface area contributed by atoms with Crippen LogP contribution in [0, 0.1) is 18.6 Å². The normalized spacial score (nSPS) is 10.2. The number of hydrogen-bond acceptors (Lipinski definition) is 3. The van der Waals surface area contributed by atoms with Gasteiger partial charge in [0.25, 0.3) is 0 Å². The number of carboxylic acids is 1. The predicted octanol–water partition coefficient (Wildman–Crippen LogP) is 2.03. The van der Waals surface area contributed by atoms with Gasteiger partial charge >= 0.3 is 5.97 Å². The van der Waals surface area contributed by atoms with E-state index in [1.54, 1.807) is 0 Å². The molecule has 0 heterocycles. The van der Waals surface area contributed by atoms with E-state index in [4.69, 9.17) is 5.11 Å². The molecule has 0 atom stereocenters. The van der Waals surface area contributed by atoms with Crippen molar-refractivity contribution in [3.63, 3.8) is 0 Å². The highest BCUT2D eigenvalue weighted by Gasteiger charge is 2.11. The van der Waals surface area contributed by atoms with Crippen LogP contribution in [-0.2, 0) is 9.59 Å². The van der Waals surface area contributed by atoms with Gasteiger partial charge < -0.3 is 10.4 Å². The van der Waals surface area contributed by atoms with Crippen molar-refractivity contribution in [3.8, 4) is 0 Å². The summed E-state index contributed by atoms with van der Waals surface area (Å²) in [6.07, 6.45) is 0. The van der Waals surface area contributed by atoms with Gasteiger partial charge in [0, 0.05) is 6.07 Å².